The Morgan fingerprint density at radius 2 is 1.44 bits per heavy atom. The van der Waals surface area contributed by atoms with Crippen LogP contribution in [0.5, 0.6) is 0 Å². The second kappa shape index (κ2) is 13.7. The molecule has 0 aromatic rings. The van der Waals surface area contributed by atoms with Crippen LogP contribution in [-0.4, -0.2) is 19.0 Å². The van der Waals surface area contributed by atoms with Crippen molar-refractivity contribution in [3.05, 3.63) is 0 Å². The van der Waals surface area contributed by atoms with Gasteiger partial charge in [0.25, 0.3) is 0 Å². The summed E-state index contributed by atoms with van der Waals surface area (Å²) in [6, 6.07) is 0. The monoisotopic (exact) mass is 378 g/mol. The largest absolute Gasteiger partial charge is 0.382 e. The zero-order valence-corrected chi connectivity index (χ0v) is 18.2. The molecule has 0 heterocycles. The van der Waals surface area contributed by atoms with E-state index in [1.165, 1.54) is 109 Å². The van der Waals surface area contributed by atoms with E-state index < -0.39 is 0 Å². The third-order valence-corrected chi connectivity index (χ3v) is 7.33. The van der Waals surface area contributed by atoms with Gasteiger partial charge in [-0.1, -0.05) is 77.0 Å². The molecule has 2 aliphatic rings. The summed E-state index contributed by atoms with van der Waals surface area (Å²) in [5.41, 5.74) is 0.0447. The highest BCUT2D eigenvalue weighted by Gasteiger charge is 2.43. The van der Waals surface area contributed by atoms with Gasteiger partial charge >= 0.3 is 0 Å². The molecule has 2 nitrogen and oxygen atoms in total. The van der Waals surface area contributed by atoms with Gasteiger partial charge in [0, 0.05) is 25.0 Å². The molecular formula is C25H46O2. The summed E-state index contributed by atoms with van der Waals surface area (Å²) in [6.45, 7) is 3.83. The van der Waals surface area contributed by atoms with Crippen LogP contribution in [0.2, 0.25) is 0 Å². The maximum Gasteiger partial charge on any atom is 0.139 e. The molecule has 0 aromatic heterocycles. The third kappa shape index (κ3) is 7.87. The molecule has 0 aromatic carbocycles. The van der Waals surface area contributed by atoms with Gasteiger partial charge in [0.15, 0.2) is 0 Å². The summed E-state index contributed by atoms with van der Waals surface area (Å²) in [6.07, 6.45) is 24.2. The standard InChI is InChI=1S/C25H46O2/c1-2-27-22-16-10-4-8-14-20-25(21-15-9-7-13-19-24(25)26)23-17-11-5-3-6-12-18-23/h23H,2-22H2,1H3. The number of Topliss-reactive ketones (excluding diaryl/α,β-unsaturated/α-hetero) is 1. The highest BCUT2D eigenvalue weighted by molar-refractivity contribution is 5.85. The predicted octanol–water partition coefficient (Wildman–Crippen LogP) is 7.63. The average Bonchev–Trinajstić information content (AvgIpc) is 2.63. The van der Waals surface area contributed by atoms with Crippen LogP contribution < -0.4 is 0 Å². The molecule has 2 rings (SSSR count). The van der Waals surface area contributed by atoms with Gasteiger partial charge in [0.1, 0.15) is 5.78 Å². The van der Waals surface area contributed by atoms with E-state index in [2.05, 4.69) is 6.92 Å². The van der Waals surface area contributed by atoms with Crippen molar-refractivity contribution in [2.45, 2.75) is 129 Å². The Bertz CT molecular complexity index is 384. The van der Waals surface area contributed by atoms with Crippen molar-refractivity contribution in [2.75, 3.05) is 13.2 Å². The summed E-state index contributed by atoms with van der Waals surface area (Å²) < 4.78 is 5.45. The maximum atomic E-state index is 13.4. The van der Waals surface area contributed by atoms with E-state index in [0.29, 0.717) is 11.7 Å². The van der Waals surface area contributed by atoms with Gasteiger partial charge in [-0.2, -0.15) is 0 Å². The lowest BCUT2D eigenvalue weighted by molar-refractivity contribution is -0.135. The number of ketones is 1. The van der Waals surface area contributed by atoms with Crippen LogP contribution in [0.3, 0.4) is 0 Å². The molecule has 0 radical (unpaired) electrons. The van der Waals surface area contributed by atoms with Crippen molar-refractivity contribution in [1.29, 1.82) is 0 Å². The molecule has 2 aliphatic carbocycles. The summed E-state index contributed by atoms with van der Waals surface area (Å²) in [4.78, 5) is 13.4. The van der Waals surface area contributed by atoms with E-state index in [-0.39, 0.29) is 5.41 Å². The van der Waals surface area contributed by atoms with Gasteiger partial charge in [-0.25, -0.2) is 0 Å². The van der Waals surface area contributed by atoms with Crippen LogP contribution in [0.15, 0.2) is 0 Å². The second-order valence-corrected chi connectivity index (χ2v) is 9.25. The van der Waals surface area contributed by atoms with E-state index in [9.17, 15) is 4.79 Å². The fourth-order valence-corrected chi connectivity index (χ4v) is 5.70. The zero-order chi connectivity index (χ0) is 19.2. The topological polar surface area (TPSA) is 26.3 Å². The Balaban J connectivity index is 1.91. The Hall–Kier alpha value is -0.370. The molecular weight excluding hydrogens is 332 g/mol. The van der Waals surface area contributed by atoms with Crippen molar-refractivity contribution >= 4 is 5.78 Å². The molecule has 0 N–H and O–H groups in total. The molecule has 1 unspecified atom stereocenters. The number of hydrogen-bond donors (Lipinski definition) is 0. The molecule has 0 spiro atoms. The quantitative estimate of drug-likeness (QED) is 0.365. The minimum absolute atomic E-state index is 0.0447. The van der Waals surface area contributed by atoms with Crippen molar-refractivity contribution in [1.82, 2.24) is 0 Å². The molecule has 2 heteroatoms. The number of unbranched alkanes of at least 4 members (excludes halogenated alkanes) is 4. The molecule has 1 atom stereocenters. The van der Waals surface area contributed by atoms with Gasteiger partial charge in [-0.05, 0) is 51.4 Å². The number of carbonyl (C=O) groups is 1. The van der Waals surface area contributed by atoms with Crippen LogP contribution in [0, 0.1) is 11.3 Å². The van der Waals surface area contributed by atoms with Crippen LogP contribution >= 0.6 is 0 Å². The lowest BCUT2D eigenvalue weighted by atomic mass is 9.61. The highest BCUT2D eigenvalue weighted by atomic mass is 16.5. The molecule has 0 bridgehead atoms. The Kier molecular flexibility index (Phi) is 11.7. The lowest BCUT2D eigenvalue weighted by Gasteiger charge is -2.42. The molecule has 0 aliphatic heterocycles. The first-order chi connectivity index (χ1) is 13.3. The predicted molar refractivity (Wildman–Crippen MR) is 115 cm³/mol. The minimum atomic E-state index is 0.0447. The fourth-order valence-electron chi connectivity index (χ4n) is 5.70. The van der Waals surface area contributed by atoms with Gasteiger partial charge < -0.3 is 4.74 Å². The van der Waals surface area contributed by atoms with E-state index in [0.717, 1.165) is 26.1 Å². The SMILES string of the molecule is CCOCCCCCCCC1(C2CCCCCCC2)CCCCCCC1=O. The van der Waals surface area contributed by atoms with E-state index in [1.807, 2.05) is 0 Å². The number of rotatable bonds is 10. The van der Waals surface area contributed by atoms with Crippen molar-refractivity contribution in [2.24, 2.45) is 11.3 Å². The molecule has 158 valence electrons. The number of hydrogen-bond acceptors (Lipinski definition) is 2. The number of ether oxygens (including phenoxy) is 1. The Morgan fingerprint density at radius 3 is 2.22 bits per heavy atom. The Morgan fingerprint density at radius 1 is 0.815 bits per heavy atom. The molecule has 27 heavy (non-hydrogen) atoms. The van der Waals surface area contributed by atoms with Crippen LogP contribution in [0.25, 0.3) is 0 Å². The van der Waals surface area contributed by atoms with Crippen LogP contribution in [-0.2, 0) is 9.53 Å². The lowest BCUT2D eigenvalue weighted by Crippen LogP contribution is -2.40. The first-order valence-electron chi connectivity index (χ1n) is 12.4. The van der Waals surface area contributed by atoms with E-state index >= 15 is 0 Å². The average molecular weight is 379 g/mol. The second-order valence-electron chi connectivity index (χ2n) is 9.25. The van der Waals surface area contributed by atoms with Crippen molar-refractivity contribution < 1.29 is 9.53 Å². The maximum absolute atomic E-state index is 13.4. The highest BCUT2D eigenvalue weighted by Crippen LogP contribution is 2.47. The third-order valence-electron chi connectivity index (χ3n) is 7.33. The fraction of sp³-hybridized carbons (Fsp3) is 0.960. The molecule has 2 saturated carbocycles. The van der Waals surface area contributed by atoms with E-state index in [1.54, 1.807) is 0 Å². The van der Waals surface area contributed by atoms with Gasteiger partial charge in [0.05, 0.1) is 0 Å². The van der Waals surface area contributed by atoms with Gasteiger partial charge in [-0.3, -0.25) is 4.79 Å². The summed E-state index contributed by atoms with van der Waals surface area (Å²) in [5.74, 6) is 1.34. The van der Waals surface area contributed by atoms with Crippen molar-refractivity contribution in [3.8, 4) is 0 Å². The van der Waals surface area contributed by atoms with Gasteiger partial charge in [0.2, 0.25) is 0 Å². The van der Waals surface area contributed by atoms with Crippen LogP contribution in [0.1, 0.15) is 129 Å². The first kappa shape index (κ1) is 22.9. The van der Waals surface area contributed by atoms with Crippen LogP contribution in [0.4, 0.5) is 0 Å². The normalized spacial score (nSPS) is 26.2. The molecule has 0 amide bonds. The molecule has 2 fully saturated rings. The number of carbonyl (C=O) groups excluding carboxylic acids is 1. The summed E-state index contributed by atoms with van der Waals surface area (Å²) >= 11 is 0. The Labute approximate surface area is 169 Å². The van der Waals surface area contributed by atoms with Crippen molar-refractivity contribution in [3.63, 3.8) is 0 Å². The van der Waals surface area contributed by atoms with Gasteiger partial charge in [-0.15, -0.1) is 0 Å². The first-order valence-corrected chi connectivity index (χ1v) is 12.4. The zero-order valence-electron chi connectivity index (χ0n) is 18.2. The molecule has 0 saturated heterocycles. The van der Waals surface area contributed by atoms with E-state index in [4.69, 9.17) is 4.74 Å². The summed E-state index contributed by atoms with van der Waals surface area (Å²) in [5, 5.41) is 0. The minimum Gasteiger partial charge on any atom is -0.382 e. The summed E-state index contributed by atoms with van der Waals surface area (Å²) in [7, 11) is 0. The smallest absolute Gasteiger partial charge is 0.139 e.